The lowest BCUT2D eigenvalue weighted by atomic mass is 10.2. The van der Waals surface area contributed by atoms with Crippen LogP contribution >= 0.6 is 11.6 Å². The van der Waals surface area contributed by atoms with Gasteiger partial charge in [0.15, 0.2) is 0 Å². The maximum Gasteiger partial charge on any atom is 0.508 e. The van der Waals surface area contributed by atoms with Gasteiger partial charge in [-0.1, -0.05) is 11.6 Å². The van der Waals surface area contributed by atoms with Crippen molar-refractivity contribution >= 4 is 29.6 Å². The molecule has 0 atom stereocenters. The van der Waals surface area contributed by atoms with Gasteiger partial charge in [0.25, 0.3) is 0 Å². The summed E-state index contributed by atoms with van der Waals surface area (Å²) in [6.07, 6.45) is -1.48. The predicted octanol–water partition coefficient (Wildman–Crippen LogP) is 3.50. The minimum Gasteiger partial charge on any atom is -0.495 e. The molecule has 0 aliphatic carbocycles. The van der Waals surface area contributed by atoms with Gasteiger partial charge in [0.1, 0.15) is 19.0 Å². The van der Waals surface area contributed by atoms with Gasteiger partial charge >= 0.3 is 12.3 Å². The third kappa shape index (κ3) is 7.69. The monoisotopic (exact) mass is 389 g/mol. The first-order valence-corrected chi connectivity index (χ1v) is 8.57. The topological polar surface area (TPSA) is 83.5 Å². The minimum atomic E-state index is -0.742. The summed E-state index contributed by atoms with van der Waals surface area (Å²) in [6.45, 7) is 4.65. The predicted molar refractivity (Wildman–Crippen MR) is 96.2 cm³/mol. The van der Waals surface area contributed by atoms with Crippen LogP contribution in [0.25, 0.3) is 0 Å². The number of anilines is 1. The normalized spacial score (nSPS) is 10.0. The number of hydrogen-bond donors (Lipinski definition) is 0. The van der Waals surface area contributed by atoms with E-state index >= 15 is 0 Å². The van der Waals surface area contributed by atoms with Crippen molar-refractivity contribution in [2.24, 2.45) is 0 Å². The van der Waals surface area contributed by atoms with E-state index in [0.717, 1.165) is 0 Å². The first-order chi connectivity index (χ1) is 12.5. The number of ether oxygens (including phenoxy) is 5. The van der Waals surface area contributed by atoms with Crippen LogP contribution in [0.5, 0.6) is 5.75 Å². The second kappa shape index (κ2) is 12.1. The smallest absolute Gasteiger partial charge is 0.495 e. The Morgan fingerprint density at radius 2 is 1.50 bits per heavy atom. The summed E-state index contributed by atoms with van der Waals surface area (Å²) >= 11 is 6.08. The number of carbonyl (C=O) groups is 2. The van der Waals surface area contributed by atoms with E-state index in [1.54, 1.807) is 32.0 Å². The average Bonchev–Trinajstić information content (AvgIpc) is 2.61. The highest BCUT2D eigenvalue weighted by Crippen LogP contribution is 2.31. The van der Waals surface area contributed by atoms with Crippen molar-refractivity contribution in [3.63, 3.8) is 0 Å². The van der Waals surface area contributed by atoms with Gasteiger partial charge in [-0.05, 0) is 32.0 Å². The summed E-state index contributed by atoms with van der Waals surface area (Å²) in [4.78, 5) is 24.5. The Kier molecular flexibility index (Phi) is 10.1. The second-order valence-electron chi connectivity index (χ2n) is 4.87. The Morgan fingerprint density at radius 1 is 0.962 bits per heavy atom. The molecule has 26 heavy (non-hydrogen) atoms. The molecule has 0 aliphatic rings. The van der Waals surface area contributed by atoms with E-state index in [2.05, 4.69) is 0 Å². The van der Waals surface area contributed by atoms with Crippen LogP contribution < -0.4 is 9.64 Å². The molecule has 0 saturated heterocycles. The largest absolute Gasteiger partial charge is 0.508 e. The molecular weight excluding hydrogens is 366 g/mol. The maximum absolute atomic E-state index is 11.3. The SMILES string of the molecule is CCOC(=O)OCCN(CCOC(=O)OCC)c1cc(Cl)ccc1OC. The lowest BCUT2D eigenvalue weighted by molar-refractivity contribution is 0.0583. The Balaban J connectivity index is 2.76. The van der Waals surface area contributed by atoms with Crippen molar-refractivity contribution in [2.45, 2.75) is 13.8 Å². The van der Waals surface area contributed by atoms with E-state index in [0.29, 0.717) is 29.5 Å². The molecular formula is C17H24ClNO7. The fourth-order valence-corrected chi connectivity index (χ4v) is 2.23. The number of nitrogens with zero attached hydrogens (tertiary/aromatic N) is 1. The molecule has 8 nitrogen and oxygen atoms in total. The van der Waals surface area contributed by atoms with Crippen LogP contribution in [0.1, 0.15) is 13.8 Å². The third-order valence-electron chi connectivity index (χ3n) is 3.17. The van der Waals surface area contributed by atoms with Crippen LogP contribution in [-0.2, 0) is 18.9 Å². The number of carbonyl (C=O) groups excluding carboxylic acids is 2. The van der Waals surface area contributed by atoms with Crippen molar-refractivity contribution in [3.8, 4) is 5.75 Å². The molecule has 0 saturated carbocycles. The highest BCUT2D eigenvalue weighted by molar-refractivity contribution is 6.30. The molecule has 0 bridgehead atoms. The van der Waals surface area contributed by atoms with Gasteiger partial charge in [-0.2, -0.15) is 0 Å². The van der Waals surface area contributed by atoms with Crippen molar-refractivity contribution in [2.75, 3.05) is 51.5 Å². The molecule has 0 aromatic heterocycles. The number of rotatable bonds is 10. The zero-order valence-electron chi connectivity index (χ0n) is 15.2. The summed E-state index contributed by atoms with van der Waals surface area (Å²) in [5.41, 5.74) is 0.680. The van der Waals surface area contributed by atoms with Gasteiger partial charge in [-0.3, -0.25) is 0 Å². The minimum absolute atomic E-state index is 0.0773. The van der Waals surface area contributed by atoms with E-state index in [1.807, 2.05) is 4.90 Å². The van der Waals surface area contributed by atoms with Crippen molar-refractivity contribution < 1.29 is 33.3 Å². The molecule has 0 unspecified atom stereocenters. The zero-order valence-corrected chi connectivity index (χ0v) is 15.9. The molecule has 146 valence electrons. The lowest BCUT2D eigenvalue weighted by Gasteiger charge is -2.26. The summed E-state index contributed by atoms with van der Waals surface area (Å²) in [7, 11) is 1.54. The highest BCUT2D eigenvalue weighted by Gasteiger charge is 2.15. The van der Waals surface area contributed by atoms with Crippen LogP contribution in [0.4, 0.5) is 15.3 Å². The summed E-state index contributed by atoms with van der Waals surface area (Å²) in [5.74, 6) is 0.585. The second-order valence-corrected chi connectivity index (χ2v) is 5.30. The van der Waals surface area contributed by atoms with E-state index in [-0.39, 0.29) is 26.4 Å². The van der Waals surface area contributed by atoms with E-state index in [9.17, 15) is 9.59 Å². The van der Waals surface area contributed by atoms with Gasteiger partial charge in [0.2, 0.25) is 0 Å². The molecule has 0 aliphatic heterocycles. The third-order valence-corrected chi connectivity index (χ3v) is 3.40. The molecule has 0 amide bonds. The van der Waals surface area contributed by atoms with E-state index in [4.69, 9.17) is 35.3 Å². The molecule has 0 fully saturated rings. The van der Waals surface area contributed by atoms with Crippen LogP contribution in [0, 0.1) is 0 Å². The standard InChI is InChI=1S/C17H24ClNO7/c1-4-23-16(20)25-10-8-19(9-11-26-17(21)24-5-2)14-12-13(18)6-7-15(14)22-3/h6-7,12H,4-5,8-11H2,1-3H3. The zero-order chi connectivity index (χ0) is 19.4. The summed E-state index contributed by atoms with van der Waals surface area (Å²) in [6, 6.07) is 5.14. The van der Waals surface area contributed by atoms with Crippen molar-refractivity contribution in [1.82, 2.24) is 0 Å². The fraction of sp³-hybridized carbons (Fsp3) is 0.529. The average molecular weight is 390 g/mol. The van der Waals surface area contributed by atoms with Crippen LogP contribution in [0.3, 0.4) is 0 Å². The molecule has 0 radical (unpaired) electrons. The lowest BCUT2D eigenvalue weighted by Crippen LogP contribution is -2.32. The summed E-state index contributed by atoms with van der Waals surface area (Å²) in [5, 5.41) is 0.517. The fourth-order valence-electron chi connectivity index (χ4n) is 2.06. The van der Waals surface area contributed by atoms with E-state index < -0.39 is 12.3 Å². The van der Waals surface area contributed by atoms with Crippen LogP contribution in [0.2, 0.25) is 5.02 Å². The molecule has 1 rings (SSSR count). The number of benzene rings is 1. The quantitative estimate of drug-likeness (QED) is 0.562. The summed E-state index contributed by atoms with van der Waals surface area (Å²) < 4.78 is 24.8. The Bertz CT molecular complexity index is 558. The van der Waals surface area contributed by atoms with Gasteiger partial charge in [-0.15, -0.1) is 0 Å². The Labute approximate surface area is 157 Å². The van der Waals surface area contributed by atoms with Gasteiger partial charge < -0.3 is 28.6 Å². The van der Waals surface area contributed by atoms with Gasteiger partial charge in [0, 0.05) is 5.02 Å². The first kappa shape index (κ1) is 21.7. The van der Waals surface area contributed by atoms with Gasteiger partial charge in [0.05, 0.1) is 39.1 Å². The molecule has 0 N–H and O–H groups in total. The molecule has 1 aromatic carbocycles. The molecule has 0 heterocycles. The van der Waals surface area contributed by atoms with E-state index in [1.165, 1.54) is 7.11 Å². The van der Waals surface area contributed by atoms with Crippen LogP contribution in [-0.4, -0.2) is 58.9 Å². The number of halogens is 1. The highest BCUT2D eigenvalue weighted by atomic mass is 35.5. The number of methoxy groups -OCH3 is 1. The maximum atomic E-state index is 11.3. The first-order valence-electron chi connectivity index (χ1n) is 8.19. The van der Waals surface area contributed by atoms with Crippen molar-refractivity contribution in [3.05, 3.63) is 23.2 Å². The Hall–Kier alpha value is -2.35. The Morgan fingerprint density at radius 3 is 1.96 bits per heavy atom. The van der Waals surface area contributed by atoms with Crippen molar-refractivity contribution in [1.29, 1.82) is 0 Å². The van der Waals surface area contributed by atoms with Gasteiger partial charge in [-0.25, -0.2) is 9.59 Å². The molecule has 9 heteroatoms. The molecule has 1 aromatic rings. The number of hydrogen-bond acceptors (Lipinski definition) is 8. The van der Waals surface area contributed by atoms with Crippen LogP contribution in [0.15, 0.2) is 18.2 Å². The molecule has 0 spiro atoms.